The maximum absolute atomic E-state index is 13.2. The Balaban J connectivity index is 1.51. The molecule has 0 unspecified atom stereocenters. The minimum atomic E-state index is -0.0682. The normalized spacial score (nSPS) is 11.0. The number of para-hydroxylation sites is 2. The smallest absolute Gasteiger partial charge is 0.256 e. The lowest BCUT2D eigenvalue weighted by molar-refractivity contribution is 0.0787. The summed E-state index contributed by atoms with van der Waals surface area (Å²) in [5.74, 6) is -0.0682. The molecule has 0 aliphatic heterocycles. The molecule has 5 aromatic rings. The lowest BCUT2D eigenvalue weighted by Crippen LogP contribution is -2.26. The van der Waals surface area contributed by atoms with Crippen molar-refractivity contribution >= 4 is 16.8 Å². The molecule has 31 heavy (non-hydrogen) atoms. The first kappa shape index (κ1) is 18.8. The highest BCUT2D eigenvalue weighted by Gasteiger charge is 2.19. The Labute approximate surface area is 179 Å². The number of aromatic amines is 1. The molecule has 6 heteroatoms. The van der Waals surface area contributed by atoms with Crippen molar-refractivity contribution in [2.75, 3.05) is 7.05 Å². The van der Waals surface area contributed by atoms with Crippen LogP contribution in [0.2, 0.25) is 0 Å². The summed E-state index contributed by atoms with van der Waals surface area (Å²) in [6.45, 7) is 0.431. The third-order valence-electron chi connectivity index (χ3n) is 5.32. The highest BCUT2D eigenvalue weighted by Crippen LogP contribution is 2.25. The van der Waals surface area contributed by atoms with Crippen LogP contribution in [0.15, 0.2) is 91.3 Å². The molecule has 0 atom stereocenters. The third kappa shape index (κ3) is 3.59. The Morgan fingerprint density at radius 3 is 2.48 bits per heavy atom. The molecule has 0 saturated carbocycles. The van der Waals surface area contributed by atoms with Crippen molar-refractivity contribution in [3.63, 3.8) is 0 Å². The van der Waals surface area contributed by atoms with Crippen LogP contribution in [0.25, 0.3) is 27.8 Å². The van der Waals surface area contributed by atoms with Crippen LogP contribution in [0.4, 0.5) is 0 Å². The highest BCUT2D eigenvalue weighted by atomic mass is 16.2. The van der Waals surface area contributed by atoms with Gasteiger partial charge in [0.15, 0.2) is 0 Å². The van der Waals surface area contributed by atoms with Gasteiger partial charge in [0.25, 0.3) is 5.91 Å². The topological polar surface area (TPSA) is 66.8 Å². The van der Waals surface area contributed by atoms with Gasteiger partial charge in [-0.15, -0.1) is 0 Å². The van der Waals surface area contributed by atoms with Gasteiger partial charge in [-0.2, -0.15) is 10.2 Å². The van der Waals surface area contributed by atoms with E-state index in [4.69, 9.17) is 5.10 Å². The molecule has 6 nitrogen and oxygen atoms in total. The van der Waals surface area contributed by atoms with Crippen LogP contribution in [-0.2, 0) is 6.54 Å². The van der Waals surface area contributed by atoms with Crippen molar-refractivity contribution in [1.82, 2.24) is 24.9 Å². The summed E-state index contributed by atoms with van der Waals surface area (Å²) < 4.78 is 1.87. The van der Waals surface area contributed by atoms with Gasteiger partial charge in [-0.25, -0.2) is 4.68 Å². The van der Waals surface area contributed by atoms with Gasteiger partial charge >= 0.3 is 0 Å². The molecular formula is C25H21N5O. The molecule has 2 heterocycles. The van der Waals surface area contributed by atoms with Crippen LogP contribution < -0.4 is 0 Å². The molecule has 0 aliphatic carbocycles. The van der Waals surface area contributed by atoms with Crippen LogP contribution in [-0.4, -0.2) is 37.8 Å². The summed E-state index contributed by atoms with van der Waals surface area (Å²) >= 11 is 0. The summed E-state index contributed by atoms with van der Waals surface area (Å²) in [7, 11) is 1.81. The lowest BCUT2D eigenvalue weighted by atomic mass is 10.1. The number of hydrogen-bond acceptors (Lipinski definition) is 3. The number of amides is 1. The Hall–Kier alpha value is -4.19. The van der Waals surface area contributed by atoms with E-state index in [1.165, 1.54) is 0 Å². The number of carbonyl (C=O) groups is 1. The van der Waals surface area contributed by atoms with E-state index in [2.05, 4.69) is 10.2 Å². The van der Waals surface area contributed by atoms with E-state index in [1.54, 1.807) is 11.1 Å². The average Bonchev–Trinajstić information content (AvgIpc) is 3.47. The number of fused-ring (bicyclic) bond motifs is 1. The number of rotatable bonds is 5. The number of hydrogen-bond donors (Lipinski definition) is 1. The van der Waals surface area contributed by atoms with E-state index in [0.717, 1.165) is 33.4 Å². The standard InChI is InChI=1S/C25H21N5O/c1-29(25(31)22-14-8-11-19-15-26-27-24(19)22)16-20-17-30(21-12-6-3-7-13-21)28-23(20)18-9-4-2-5-10-18/h2-15,17H,16H2,1H3,(H,26,27). The fourth-order valence-electron chi connectivity index (χ4n) is 3.76. The summed E-state index contributed by atoms with van der Waals surface area (Å²) in [5.41, 5.74) is 5.19. The Bertz CT molecular complexity index is 1340. The molecule has 1 N–H and O–H groups in total. The zero-order chi connectivity index (χ0) is 21.2. The van der Waals surface area contributed by atoms with Crippen molar-refractivity contribution in [2.24, 2.45) is 0 Å². The molecule has 0 saturated heterocycles. The number of aromatic nitrogens is 4. The van der Waals surface area contributed by atoms with E-state index < -0.39 is 0 Å². The van der Waals surface area contributed by atoms with E-state index in [9.17, 15) is 4.79 Å². The first-order chi connectivity index (χ1) is 15.2. The minimum absolute atomic E-state index is 0.0682. The fraction of sp³-hybridized carbons (Fsp3) is 0.0800. The average molecular weight is 407 g/mol. The van der Waals surface area contributed by atoms with Gasteiger partial charge in [0.05, 0.1) is 28.7 Å². The van der Waals surface area contributed by atoms with Gasteiger partial charge < -0.3 is 4.90 Å². The SMILES string of the molecule is CN(Cc1cn(-c2ccccc2)nc1-c1ccccc1)C(=O)c1cccc2cn[nH]c12. The molecule has 0 fully saturated rings. The molecule has 0 spiro atoms. The number of nitrogens with zero attached hydrogens (tertiary/aromatic N) is 4. The Morgan fingerprint density at radius 1 is 0.968 bits per heavy atom. The Kier molecular flexibility index (Phi) is 4.80. The van der Waals surface area contributed by atoms with Crippen molar-refractivity contribution in [3.8, 4) is 16.9 Å². The fourth-order valence-corrected chi connectivity index (χ4v) is 3.76. The summed E-state index contributed by atoms with van der Waals surface area (Å²) in [6, 6.07) is 25.7. The quantitative estimate of drug-likeness (QED) is 0.460. The van der Waals surface area contributed by atoms with Gasteiger partial charge in [0, 0.05) is 36.3 Å². The summed E-state index contributed by atoms with van der Waals surface area (Å²) in [4.78, 5) is 15.0. The first-order valence-electron chi connectivity index (χ1n) is 10.1. The van der Waals surface area contributed by atoms with Gasteiger partial charge in [-0.3, -0.25) is 9.89 Å². The number of carbonyl (C=O) groups excluding carboxylic acids is 1. The monoisotopic (exact) mass is 407 g/mol. The highest BCUT2D eigenvalue weighted by molar-refractivity contribution is 6.05. The van der Waals surface area contributed by atoms with Crippen molar-refractivity contribution in [3.05, 3.63) is 102 Å². The van der Waals surface area contributed by atoms with Crippen molar-refractivity contribution < 1.29 is 4.79 Å². The second kappa shape index (κ2) is 7.91. The second-order valence-electron chi connectivity index (χ2n) is 7.45. The zero-order valence-electron chi connectivity index (χ0n) is 17.1. The molecule has 0 bridgehead atoms. The van der Waals surface area contributed by atoms with Crippen LogP contribution in [0.5, 0.6) is 0 Å². The third-order valence-corrected chi connectivity index (χ3v) is 5.32. The molecule has 5 rings (SSSR count). The second-order valence-corrected chi connectivity index (χ2v) is 7.45. The predicted molar refractivity (Wildman–Crippen MR) is 121 cm³/mol. The molecule has 152 valence electrons. The van der Waals surface area contributed by atoms with Gasteiger partial charge in [-0.05, 0) is 18.2 Å². The molecular weight excluding hydrogens is 386 g/mol. The van der Waals surface area contributed by atoms with Crippen LogP contribution >= 0.6 is 0 Å². The van der Waals surface area contributed by atoms with Crippen LogP contribution in [0.1, 0.15) is 15.9 Å². The van der Waals surface area contributed by atoms with E-state index >= 15 is 0 Å². The van der Waals surface area contributed by atoms with Crippen molar-refractivity contribution in [2.45, 2.75) is 6.54 Å². The van der Waals surface area contributed by atoms with Crippen LogP contribution in [0, 0.1) is 0 Å². The largest absolute Gasteiger partial charge is 0.337 e. The van der Waals surface area contributed by atoms with Gasteiger partial charge in [-0.1, -0.05) is 60.7 Å². The summed E-state index contributed by atoms with van der Waals surface area (Å²) in [5, 5.41) is 12.8. The Morgan fingerprint density at radius 2 is 1.71 bits per heavy atom. The van der Waals surface area contributed by atoms with Gasteiger partial charge in [0.2, 0.25) is 0 Å². The maximum Gasteiger partial charge on any atom is 0.256 e. The first-order valence-corrected chi connectivity index (χ1v) is 10.1. The maximum atomic E-state index is 13.2. The van der Waals surface area contributed by atoms with E-state index in [-0.39, 0.29) is 5.91 Å². The van der Waals surface area contributed by atoms with Crippen LogP contribution in [0.3, 0.4) is 0 Å². The van der Waals surface area contributed by atoms with Gasteiger partial charge in [0.1, 0.15) is 0 Å². The molecule has 0 radical (unpaired) electrons. The molecule has 0 aliphatic rings. The summed E-state index contributed by atoms with van der Waals surface area (Å²) in [6.07, 6.45) is 3.72. The predicted octanol–water partition coefficient (Wildman–Crippen LogP) is 4.69. The zero-order valence-corrected chi connectivity index (χ0v) is 17.1. The number of nitrogens with one attached hydrogen (secondary N) is 1. The minimum Gasteiger partial charge on any atom is -0.337 e. The lowest BCUT2D eigenvalue weighted by Gasteiger charge is -2.17. The van der Waals surface area contributed by atoms with E-state index in [0.29, 0.717) is 12.1 Å². The van der Waals surface area contributed by atoms with E-state index in [1.807, 2.05) is 96.8 Å². The number of H-pyrrole nitrogens is 1. The molecule has 3 aromatic carbocycles. The van der Waals surface area contributed by atoms with Crippen molar-refractivity contribution in [1.29, 1.82) is 0 Å². The molecule has 2 aromatic heterocycles. The molecule has 1 amide bonds. The number of benzene rings is 3.